The molecule has 0 amide bonds. The fourth-order valence-corrected chi connectivity index (χ4v) is 3.33. The molecular formula is C9H13F2NO4S2. The Kier molecular flexibility index (Phi) is 6.09. The Morgan fingerprint density at radius 2 is 2.22 bits per heavy atom. The normalized spacial score (nSPS) is 12.2. The Balaban J connectivity index is 2.40. The molecule has 1 aromatic heterocycles. The first kappa shape index (κ1) is 15.4. The highest BCUT2D eigenvalue weighted by atomic mass is 32.2. The van der Waals surface area contributed by atoms with E-state index in [0.29, 0.717) is 5.56 Å². The Labute approximate surface area is 107 Å². The van der Waals surface area contributed by atoms with Crippen LogP contribution in [0.25, 0.3) is 0 Å². The van der Waals surface area contributed by atoms with Gasteiger partial charge in [-0.25, -0.2) is 21.9 Å². The van der Waals surface area contributed by atoms with Crippen molar-refractivity contribution in [3.63, 3.8) is 0 Å². The van der Waals surface area contributed by atoms with E-state index in [0.717, 1.165) is 11.3 Å². The lowest BCUT2D eigenvalue weighted by Crippen LogP contribution is -2.27. The summed E-state index contributed by atoms with van der Waals surface area (Å²) in [6, 6.07) is 1.35. The summed E-state index contributed by atoms with van der Waals surface area (Å²) >= 11 is 0.978. The summed E-state index contributed by atoms with van der Waals surface area (Å²) < 4.78 is 53.6. The van der Waals surface area contributed by atoms with E-state index in [2.05, 4.69) is 9.46 Å². The van der Waals surface area contributed by atoms with E-state index in [1.807, 2.05) is 0 Å². The van der Waals surface area contributed by atoms with Crippen molar-refractivity contribution in [2.75, 3.05) is 19.8 Å². The molecule has 0 aromatic carbocycles. The molecule has 0 radical (unpaired) electrons. The number of hydrogen-bond acceptors (Lipinski definition) is 5. The Bertz CT molecular complexity index is 461. The molecule has 0 bridgehead atoms. The molecule has 0 saturated heterocycles. The van der Waals surface area contributed by atoms with E-state index in [1.54, 1.807) is 0 Å². The van der Waals surface area contributed by atoms with Gasteiger partial charge in [0.2, 0.25) is 10.0 Å². The van der Waals surface area contributed by atoms with Crippen molar-refractivity contribution in [1.29, 1.82) is 0 Å². The largest absolute Gasteiger partial charge is 0.392 e. The summed E-state index contributed by atoms with van der Waals surface area (Å²) in [4.78, 5) is 0. The highest BCUT2D eigenvalue weighted by molar-refractivity contribution is 7.91. The van der Waals surface area contributed by atoms with Crippen LogP contribution in [0.3, 0.4) is 0 Å². The number of nitrogens with one attached hydrogen (secondary N) is 1. The number of sulfonamides is 1. The molecule has 0 fully saturated rings. The average molecular weight is 301 g/mol. The monoisotopic (exact) mass is 301 g/mol. The van der Waals surface area contributed by atoms with E-state index in [-0.39, 0.29) is 24.0 Å². The maximum absolute atomic E-state index is 11.7. The first-order valence-electron chi connectivity index (χ1n) is 4.99. The lowest BCUT2D eigenvalue weighted by molar-refractivity contribution is 0.0199. The number of halogens is 2. The van der Waals surface area contributed by atoms with Gasteiger partial charge in [0.15, 0.2) is 0 Å². The van der Waals surface area contributed by atoms with Gasteiger partial charge in [-0.1, -0.05) is 0 Å². The number of hydrogen-bond donors (Lipinski definition) is 2. The predicted molar refractivity (Wildman–Crippen MR) is 62.3 cm³/mol. The van der Waals surface area contributed by atoms with Crippen molar-refractivity contribution in [3.8, 4) is 0 Å². The van der Waals surface area contributed by atoms with Gasteiger partial charge in [-0.05, 0) is 17.0 Å². The molecule has 0 aliphatic carbocycles. The number of thiophene rings is 1. The minimum Gasteiger partial charge on any atom is -0.392 e. The van der Waals surface area contributed by atoms with Gasteiger partial charge >= 0.3 is 0 Å². The Morgan fingerprint density at radius 3 is 2.78 bits per heavy atom. The van der Waals surface area contributed by atoms with Crippen molar-refractivity contribution in [1.82, 2.24) is 4.72 Å². The fourth-order valence-electron chi connectivity index (χ4n) is 1.07. The van der Waals surface area contributed by atoms with Gasteiger partial charge in [-0.3, -0.25) is 0 Å². The first-order chi connectivity index (χ1) is 8.45. The molecule has 0 aliphatic rings. The van der Waals surface area contributed by atoms with Gasteiger partial charge < -0.3 is 9.84 Å². The van der Waals surface area contributed by atoms with E-state index >= 15 is 0 Å². The van der Waals surface area contributed by atoms with Crippen LogP contribution in [0, 0.1) is 0 Å². The second-order valence-electron chi connectivity index (χ2n) is 3.30. The van der Waals surface area contributed by atoms with Gasteiger partial charge in [0, 0.05) is 6.54 Å². The Morgan fingerprint density at radius 1 is 1.50 bits per heavy atom. The van der Waals surface area contributed by atoms with E-state index in [9.17, 15) is 17.2 Å². The van der Waals surface area contributed by atoms with Crippen LogP contribution < -0.4 is 4.72 Å². The molecule has 2 N–H and O–H groups in total. The van der Waals surface area contributed by atoms with Crippen LogP contribution in [0.5, 0.6) is 0 Å². The molecule has 1 rings (SSSR count). The van der Waals surface area contributed by atoms with Crippen molar-refractivity contribution in [2.24, 2.45) is 0 Å². The highest BCUT2D eigenvalue weighted by Crippen LogP contribution is 2.19. The zero-order valence-electron chi connectivity index (χ0n) is 9.30. The minimum absolute atomic E-state index is 0.0698. The topological polar surface area (TPSA) is 75.6 Å². The highest BCUT2D eigenvalue weighted by Gasteiger charge is 2.16. The maximum atomic E-state index is 11.7. The lowest BCUT2D eigenvalue weighted by atomic mass is 10.4. The van der Waals surface area contributed by atoms with E-state index in [1.165, 1.54) is 11.4 Å². The van der Waals surface area contributed by atoms with Crippen LogP contribution in [0.2, 0.25) is 0 Å². The van der Waals surface area contributed by atoms with Gasteiger partial charge in [-0.2, -0.15) is 0 Å². The van der Waals surface area contributed by atoms with Gasteiger partial charge in [0.1, 0.15) is 10.8 Å². The SMILES string of the molecule is O=S(=O)(NCCOCC(F)F)c1cc(CO)cs1. The quantitative estimate of drug-likeness (QED) is 0.697. The summed E-state index contributed by atoms with van der Waals surface area (Å²) in [7, 11) is -3.66. The third-order valence-corrected chi connectivity index (χ3v) is 4.81. The van der Waals surface area contributed by atoms with Crippen LogP contribution in [0.1, 0.15) is 5.56 Å². The van der Waals surface area contributed by atoms with Crippen molar-refractivity contribution in [3.05, 3.63) is 17.0 Å². The zero-order valence-corrected chi connectivity index (χ0v) is 10.9. The van der Waals surface area contributed by atoms with Crippen molar-refractivity contribution in [2.45, 2.75) is 17.2 Å². The molecule has 1 aromatic rings. The van der Waals surface area contributed by atoms with Crippen LogP contribution in [-0.2, 0) is 21.4 Å². The molecule has 18 heavy (non-hydrogen) atoms. The molecule has 1 heterocycles. The van der Waals surface area contributed by atoms with Gasteiger partial charge in [-0.15, -0.1) is 11.3 Å². The van der Waals surface area contributed by atoms with Crippen LogP contribution in [-0.4, -0.2) is 39.7 Å². The molecule has 104 valence electrons. The second kappa shape index (κ2) is 7.10. The molecule has 0 aliphatic heterocycles. The predicted octanol–water partition coefficient (Wildman–Crippen LogP) is 0.800. The first-order valence-corrected chi connectivity index (χ1v) is 7.36. The Hall–Kier alpha value is -0.610. The third kappa shape index (κ3) is 4.94. The second-order valence-corrected chi connectivity index (χ2v) is 6.20. The van der Waals surface area contributed by atoms with E-state index < -0.39 is 23.1 Å². The molecule has 0 saturated carbocycles. The standard InChI is InChI=1S/C9H13F2NO4S2/c10-8(11)5-16-2-1-12-18(14,15)9-3-7(4-13)6-17-9/h3,6,8,12-13H,1-2,4-5H2. The van der Waals surface area contributed by atoms with Gasteiger partial charge in [0.05, 0.1) is 13.2 Å². The minimum atomic E-state index is -3.66. The summed E-state index contributed by atoms with van der Waals surface area (Å²) in [6.07, 6.45) is -2.56. The molecule has 0 spiro atoms. The summed E-state index contributed by atoms with van der Waals surface area (Å²) in [5.74, 6) is 0. The van der Waals surface area contributed by atoms with E-state index in [4.69, 9.17) is 5.11 Å². The van der Waals surface area contributed by atoms with Crippen LogP contribution in [0.15, 0.2) is 15.7 Å². The van der Waals surface area contributed by atoms with Crippen molar-refractivity contribution >= 4 is 21.4 Å². The molecule has 0 unspecified atom stereocenters. The number of aliphatic hydroxyl groups is 1. The zero-order chi connectivity index (χ0) is 13.6. The molecule has 9 heteroatoms. The van der Waals surface area contributed by atoms with Gasteiger partial charge in [0.25, 0.3) is 6.43 Å². The number of rotatable bonds is 8. The van der Waals surface area contributed by atoms with Crippen LogP contribution in [0.4, 0.5) is 8.78 Å². The maximum Gasteiger partial charge on any atom is 0.261 e. The number of alkyl halides is 2. The number of aliphatic hydroxyl groups excluding tert-OH is 1. The average Bonchev–Trinajstić information content (AvgIpc) is 2.77. The smallest absolute Gasteiger partial charge is 0.261 e. The number of ether oxygens (including phenoxy) is 1. The fraction of sp³-hybridized carbons (Fsp3) is 0.556. The summed E-state index contributed by atoms with van der Waals surface area (Å²) in [6.45, 7) is -1.15. The van der Waals surface area contributed by atoms with Crippen molar-refractivity contribution < 1.29 is 27.0 Å². The summed E-state index contributed by atoms with van der Waals surface area (Å²) in [5.41, 5.74) is 0.509. The third-order valence-electron chi connectivity index (χ3n) is 1.86. The molecule has 5 nitrogen and oxygen atoms in total. The summed E-state index contributed by atoms with van der Waals surface area (Å²) in [5, 5.41) is 10.3. The molecule has 0 atom stereocenters. The lowest BCUT2D eigenvalue weighted by Gasteiger charge is -2.05. The van der Waals surface area contributed by atoms with Crippen LogP contribution >= 0.6 is 11.3 Å². The molecular weight excluding hydrogens is 288 g/mol.